The molecule has 0 atom stereocenters. The van der Waals surface area contributed by atoms with E-state index in [1.165, 1.54) is 6.26 Å². The van der Waals surface area contributed by atoms with Crippen molar-refractivity contribution in [1.82, 2.24) is 0 Å². The highest BCUT2D eigenvalue weighted by Crippen LogP contribution is 2.31. The minimum Gasteiger partial charge on any atom is -0.380 e. The van der Waals surface area contributed by atoms with Crippen molar-refractivity contribution in [3.63, 3.8) is 0 Å². The van der Waals surface area contributed by atoms with Crippen LogP contribution in [-0.2, 0) is 14.6 Å². The normalized spacial score (nSPS) is 17.5. The molecule has 0 amide bonds. The molecule has 0 bridgehead atoms. The maximum absolute atomic E-state index is 11.5. The number of benzene rings is 1. The van der Waals surface area contributed by atoms with Crippen molar-refractivity contribution >= 4 is 32.4 Å². The van der Waals surface area contributed by atoms with Gasteiger partial charge < -0.3 is 4.74 Å². The highest BCUT2D eigenvalue weighted by molar-refractivity contribution is 14.1. The standard InChI is InChI=1S/C10H11IO3S/c1-15(12,13)9-4-2-3-8(10(9)11)7-5-14-6-7/h2-4,7H,5-6H2,1H3. The summed E-state index contributed by atoms with van der Waals surface area (Å²) in [6.45, 7) is 1.40. The van der Waals surface area contributed by atoms with Gasteiger partial charge >= 0.3 is 0 Å². The Labute approximate surface area is 103 Å². The van der Waals surface area contributed by atoms with Crippen molar-refractivity contribution in [3.05, 3.63) is 27.3 Å². The van der Waals surface area contributed by atoms with Gasteiger partial charge in [0.15, 0.2) is 9.84 Å². The van der Waals surface area contributed by atoms with Crippen molar-refractivity contribution in [1.29, 1.82) is 0 Å². The molecule has 15 heavy (non-hydrogen) atoms. The van der Waals surface area contributed by atoms with Crippen LogP contribution >= 0.6 is 22.6 Å². The van der Waals surface area contributed by atoms with Crippen molar-refractivity contribution in [2.24, 2.45) is 0 Å². The zero-order chi connectivity index (χ0) is 11.1. The zero-order valence-corrected chi connectivity index (χ0v) is 11.2. The second-order valence-electron chi connectivity index (χ2n) is 3.67. The van der Waals surface area contributed by atoms with Crippen LogP contribution < -0.4 is 0 Å². The van der Waals surface area contributed by atoms with Gasteiger partial charge in [0.25, 0.3) is 0 Å². The number of rotatable bonds is 2. The smallest absolute Gasteiger partial charge is 0.176 e. The van der Waals surface area contributed by atoms with E-state index in [0.29, 0.717) is 24.0 Å². The van der Waals surface area contributed by atoms with Crippen LogP contribution in [0.1, 0.15) is 11.5 Å². The summed E-state index contributed by atoms with van der Waals surface area (Å²) in [4.78, 5) is 0.424. The van der Waals surface area contributed by atoms with Crippen LogP contribution in [0.4, 0.5) is 0 Å². The Hall–Kier alpha value is -0.140. The van der Waals surface area contributed by atoms with E-state index < -0.39 is 9.84 Å². The van der Waals surface area contributed by atoms with E-state index in [1.807, 2.05) is 6.07 Å². The van der Waals surface area contributed by atoms with Crippen LogP contribution in [0.15, 0.2) is 23.1 Å². The first-order valence-electron chi connectivity index (χ1n) is 4.56. The molecule has 0 N–H and O–H groups in total. The number of ether oxygens (including phenoxy) is 1. The highest BCUT2D eigenvalue weighted by Gasteiger charge is 2.25. The van der Waals surface area contributed by atoms with Gasteiger partial charge in [-0.15, -0.1) is 0 Å². The van der Waals surface area contributed by atoms with Crippen LogP contribution in [0.3, 0.4) is 0 Å². The average Bonchev–Trinajstić information content (AvgIpc) is 2.03. The fourth-order valence-electron chi connectivity index (χ4n) is 1.54. The van der Waals surface area contributed by atoms with Crippen LogP contribution in [0.25, 0.3) is 0 Å². The van der Waals surface area contributed by atoms with Gasteiger partial charge in [0.1, 0.15) is 0 Å². The van der Waals surface area contributed by atoms with Crippen molar-refractivity contribution in [2.45, 2.75) is 10.8 Å². The molecular weight excluding hydrogens is 327 g/mol. The van der Waals surface area contributed by atoms with E-state index >= 15 is 0 Å². The number of hydrogen-bond acceptors (Lipinski definition) is 3. The molecule has 3 nitrogen and oxygen atoms in total. The fraction of sp³-hybridized carbons (Fsp3) is 0.400. The third-order valence-electron chi connectivity index (χ3n) is 2.47. The first kappa shape index (κ1) is 11.3. The van der Waals surface area contributed by atoms with Gasteiger partial charge in [-0.05, 0) is 34.2 Å². The maximum atomic E-state index is 11.5. The lowest BCUT2D eigenvalue weighted by atomic mass is 9.98. The van der Waals surface area contributed by atoms with Gasteiger partial charge in [-0.2, -0.15) is 0 Å². The summed E-state index contributed by atoms with van der Waals surface area (Å²) in [5.74, 6) is 0.360. The van der Waals surface area contributed by atoms with Crippen molar-refractivity contribution in [3.8, 4) is 0 Å². The number of halogens is 1. The lowest BCUT2D eigenvalue weighted by Crippen LogP contribution is -2.26. The molecule has 1 aliphatic rings. The van der Waals surface area contributed by atoms with Gasteiger partial charge in [-0.3, -0.25) is 0 Å². The monoisotopic (exact) mass is 338 g/mol. The van der Waals surface area contributed by atoms with Crippen LogP contribution in [-0.4, -0.2) is 27.9 Å². The van der Waals surface area contributed by atoms with Gasteiger partial charge in [-0.1, -0.05) is 12.1 Å². The summed E-state index contributed by atoms with van der Waals surface area (Å²) in [7, 11) is -3.12. The Morgan fingerprint density at radius 1 is 1.40 bits per heavy atom. The predicted molar refractivity (Wildman–Crippen MR) is 65.8 cm³/mol. The summed E-state index contributed by atoms with van der Waals surface area (Å²) in [5.41, 5.74) is 1.09. The quantitative estimate of drug-likeness (QED) is 0.773. The summed E-state index contributed by atoms with van der Waals surface area (Å²) in [6, 6.07) is 5.43. The molecule has 1 fully saturated rings. The average molecular weight is 338 g/mol. The molecule has 0 spiro atoms. The van der Waals surface area contributed by atoms with Crippen molar-refractivity contribution < 1.29 is 13.2 Å². The van der Waals surface area contributed by atoms with Gasteiger partial charge in [0.05, 0.1) is 18.1 Å². The minimum atomic E-state index is -3.12. The fourth-order valence-corrected chi connectivity index (χ4v) is 4.31. The predicted octanol–water partition coefficient (Wildman–Crippen LogP) is 1.81. The molecule has 2 rings (SSSR count). The molecule has 0 aliphatic carbocycles. The van der Waals surface area contributed by atoms with E-state index in [0.717, 1.165) is 9.13 Å². The maximum Gasteiger partial charge on any atom is 0.176 e. The summed E-state index contributed by atoms with van der Waals surface area (Å²) < 4.78 is 29.0. The Morgan fingerprint density at radius 2 is 2.07 bits per heavy atom. The molecule has 0 radical (unpaired) electrons. The molecule has 0 unspecified atom stereocenters. The minimum absolute atomic E-state index is 0.360. The molecule has 1 aliphatic heterocycles. The molecule has 82 valence electrons. The van der Waals surface area contributed by atoms with Gasteiger partial charge in [0.2, 0.25) is 0 Å². The van der Waals surface area contributed by atoms with Crippen LogP contribution in [0.5, 0.6) is 0 Å². The van der Waals surface area contributed by atoms with Crippen LogP contribution in [0, 0.1) is 3.57 Å². The lowest BCUT2D eigenvalue weighted by Gasteiger charge is -2.27. The third-order valence-corrected chi connectivity index (χ3v) is 5.18. The third kappa shape index (κ3) is 2.19. The van der Waals surface area contributed by atoms with E-state index in [4.69, 9.17) is 4.74 Å². The Bertz CT molecular complexity index is 477. The topological polar surface area (TPSA) is 43.4 Å². The van der Waals surface area contributed by atoms with Gasteiger partial charge in [-0.25, -0.2) is 8.42 Å². The Kier molecular flexibility index (Phi) is 3.05. The number of hydrogen-bond donors (Lipinski definition) is 0. The van der Waals surface area contributed by atoms with Crippen molar-refractivity contribution in [2.75, 3.05) is 19.5 Å². The molecule has 1 heterocycles. The first-order chi connectivity index (χ1) is 7.00. The van der Waals surface area contributed by atoms with E-state index in [9.17, 15) is 8.42 Å². The first-order valence-corrected chi connectivity index (χ1v) is 7.53. The largest absolute Gasteiger partial charge is 0.380 e. The molecule has 1 aromatic carbocycles. The van der Waals surface area contributed by atoms with E-state index in [2.05, 4.69) is 22.6 Å². The highest BCUT2D eigenvalue weighted by atomic mass is 127. The Balaban J connectivity index is 2.50. The molecule has 1 aromatic rings. The molecular formula is C10H11IO3S. The summed E-state index contributed by atoms with van der Waals surface area (Å²) in [6.07, 6.45) is 1.24. The molecule has 1 saturated heterocycles. The zero-order valence-electron chi connectivity index (χ0n) is 8.23. The summed E-state index contributed by atoms with van der Waals surface area (Å²) in [5, 5.41) is 0. The van der Waals surface area contributed by atoms with Gasteiger partial charge in [0, 0.05) is 15.7 Å². The second kappa shape index (κ2) is 4.03. The Morgan fingerprint density at radius 3 is 2.53 bits per heavy atom. The number of sulfone groups is 1. The van der Waals surface area contributed by atoms with E-state index in [-0.39, 0.29) is 0 Å². The van der Waals surface area contributed by atoms with E-state index in [1.54, 1.807) is 12.1 Å². The SMILES string of the molecule is CS(=O)(=O)c1cccc(C2COC2)c1I. The van der Waals surface area contributed by atoms with Crippen LogP contribution in [0.2, 0.25) is 0 Å². The lowest BCUT2D eigenvalue weighted by molar-refractivity contribution is 0.00799. The molecule has 0 aromatic heterocycles. The molecule has 5 heteroatoms. The summed E-state index contributed by atoms with van der Waals surface area (Å²) >= 11 is 2.10. The second-order valence-corrected chi connectivity index (χ2v) is 6.73. The molecule has 0 saturated carbocycles.